The molecule has 0 aliphatic carbocycles. The van der Waals surface area contributed by atoms with Gasteiger partial charge in [-0.3, -0.25) is 14.3 Å². The van der Waals surface area contributed by atoms with Crippen LogP contribution in [0.5, 0.6) is 0 Å². The van der Waals surface area contributed by atoms with Gasteiger partial charge in [-0.2, -0.15) is 10.2 Å². The van der Waals surface area contributed by atoms with E-state index in [0.717, 1.165) is 16.6 Å². The van der Waals surface area contributed by atoms with Crippen LogP contribution in [0.2, 0.25) is 0 Å². The monoisotopic (exact) mass is 510 g/mol. The molecule has 0 spiro atoms. The molecule has 0 bridgehead atoms. The summed E-state index contributed by atoms with van der Waals surface area (Å²) in [6.45, 7) is 1.85. The fourth-order valence-electron chi connectivity index (χ4n) is 5.19. The second kappa shape index (κ2) is 8.87. The Morgan fingerprint density at radius 1 is 1.03 bits per heavy atom. The number of fused-ring (bicyclic) bond motifs is 1. The van der Waals surface area contributed by atoms with Gasteiger partial charge < -0.3 is 10.6 Å². The summed E-state index contributed by atoms with van der Waals surface area (Å²) in [7, 11) is 1.81. The number of benzene rings is 2. The molecular weight excluding hydrogens is 487 g/mol. The van der Waals surface area contributed by atoms with Crippen molar-refractivity contribution in [2.24, 2.45) is 18.7 Å². The van der Waals surface area contributed by atoms with Crippen LogP contribution in [0.15, 0.2) is 73.2 Å². The average Bonchev–Trinajstić information content (AvgIpc) is 3.60. The zero-order chi connectivity index (χ0) is 26.6. The molecule has 3 unspecified atom stereocenters. The molecule has 1 fully saturated rings. The van der Waals surface area contributed by atoms with Crippen molar-refractivity contribution >= 4 is 28.4 Å². The summed E-state index contributed by atoms with van der Waals surface area (Å²) < 4.78 is 16.8. The topological polar surface area (TPSA) is 125 Å². The number of nitrogens with zero attached hydrogens (tertiary/aromatic N) is 7. The van der Waals surface area contributed by atoms with Gasteiger partial charge in [0.25, 0.3) is 5.91 Å². The first-order chi connectivity index (χ1) is 18.3. The normalized spacial score (nSPS) is 19.4. The minimum Gasteiger partial charge on any atom is -0.363 e. The van der Waals surface area contributed by atoms with E-state index in [1.54, 1.807) is 38.7 Å². The molecule has 5 aromatic rings. The molecule has 190 valence electrons. The second-order valence-electron chi connectivity index (χ2n) is 9.33. The van der Waals surface area contributed by atoms with E-state index in [4.69, 9.17) is 5.73 Å². The molecule has 2 N–H and O–H groups in total. The first-order valence-electron chi connectivity index (χ1n) is 12.0. The lowest BCUT2D eigenvalue weighted by Crippen LogP contribution is -2.29. The van der Waals surface area contributed by atoms with Gasteiger partial charge in [0, 0.05) is 42.4 Å². The Morgan fingerprint density at radius 2 is 1.79 bits per heavy atom. The minimum atomic E-state index is -0.737. The summed E-state index contributed by atoms with van der Waals surface area (Å²) in [5.74, 6) is -2.13. The van der Waals surface area contributed by atoms with Crippen LogP contribution in [-0.2, 0) is 11.8 Å². The molecule has 1 aliphatic heterocycles. The van der Waals surface area contributed by atoms with E-state index in [9.17, 15) is 14.0 Å². The van der Waals surface area contributed by atoms with Gasteiger partial charge in [0.2, 0.25) is 11.7 Å². The maximum atomic E-state index is 13.8. The van der Waals surface area contributed by atoms with E-state index >= 15 is 0 Å². The van der Waals surface area contributed by atoms with E-state index in [1.807, 2.05) is 44.4 Å². The highest BCUT2D eigenvalue weighted by Crippen LogP contribution is 2.49. The molecule has 11 heteroatoms. The molecule has 0 saturated carbocycles. The average molecular weight is 511 g/mol. The van der Waals surface area contributed by atoms with Gasteiger partial charge in [-0.15, -0.1) is 0 Å². The van der Waals surface area contributed by atoms with Crippen LogP contribution in [0.4, 0.5) is 10.1 Å². The van der Waals surface area contributed by atoms with Gasteiger partial charge in [0.05, 0.1) is 34.8 Å². The summed E-state index contributed by atoms with van der Waals surface area (Å²) in [5.41, 5.74) is 8.87. The maximum absolute atomic E-state index is 13.8. The number of halogens is 1. The maximum Gasteiger partial charge on any atom is 0.286 e. The second-order valence-corrected chi connectivity index (χ2v) is 9.33. The number of nitrogens with two attached hydrogens (primary N) is 1. The minimum absolute atomic E-state index is 0.102. The van der Waals surface area contributed by atoms with E-state index in [1.165, 1.54) is 18.3 Å². The van der Waals surface area contributed by atoms with Crippen LogP contribution in [0, 0.1) is 11.7 Å². The smallest absolute Gasteiger partial charge is 0.286 e. The number of carbonyl (C=O) groups excluding carboxylic acids is 2. The quantitative estimate of drug-likeness (QED) is 0.387. The van der Waals surface area contributed by atoms with Crippen molar-refractivity contribution in [2.45, 2.75) is 18.9 Å². The molecular formula is C27H23FN8O2. The predicted molar refractivity (Wildman–Crippen MR) is 137 cm³/mol. The van der Waals surface area contributed by atoms with Gasteiger partial charge in [-0.05, 0) is 54.6 Å². The Hall–Kier alpha value is -4.93. The molecule has 6 rings (SSSR count). The zero-order valence-corrected chi connectivity index (χ0v) is 20.6. The molecule has 1 saturated heterocycles. The van der Waals surface area contributed by atoms with Crippen molar-refractivity contribution in [1.82, 2.24) is 29.5 Å². The third kappa shape index (κ3) is 3.79. The van der Waals surface area contributed by atoms with Crippen molar-refractivity contribution in [3.05, 3.63) is 96.2 Å². The molecule has 0 radical (unpaired) electrons. The van der Waals surface area contributed by atoms with Gasteiger partial charge in [-0.1, -0.05) is 6.92 Å². The van der Waals surface area contributed by atoms with Crippen molar-refractivity contribution in [2.75, 3.05) is 4.90 Å². The summed E-state index contributed by atoms with van der Waals surface area (Å²) in [6, 6.07) is 14.8. The van der Waals surface area contributed by atoms with E-state index in [-0.39, 0.29) is 17.5 Å². The largest absolute Gasteiger partial charge is 0.363 e. The standard InChI is InChI=1S/C27H23FN8O2/c1-15-23(20-9-11-30-26(32-20)25(29)37)24(21-10-12-34(2)33-21)35(27(15)38)19-7-8-22-16(13-19)14-31-36(22)18-5-3-17(28)4-6-18/h3-15,23-24H,1-2H3,(H2,29,37). The summed E-state index contributed by atoms with van der Waals surface area (Å²) in [5, 5.41) is 9.92. The van der Waals surface area contributed by atoms with Gasteiger partial charge in [-0.25, -0.2) is 19.0 Å². The summed E-state index contributed by atoms with van der Waals surface area (Å²) in [4.78, 5) is 35.7. The number of aryl methyl sites for hydroxylation is 1. The number of hydrogen-bond acceptors (Lipinski definition) is 6. The van der Waals surface area contributed by atoms with Crippen molar-refractivity contribution in [3.63, 3.8) is 0 Å². The number of hydrogen-bond donors (Lipinski definition) is 1. The lowest BCUT2D eigenvalue weighted by molar-refractivity contribution is -0.120. The SMILES string of the molecule is CC1C(=O)N(c2ccc3c(cnn3-c3ccc(F)cc3)c2)C(c2ccn(C)n2)C1c1ccnc(C(N)=O)n1. The van der Waals surface area contributed by atoms with Crippen LogP contribution >= 0.6 is 0 Å². The molecule has 2 amide bonds. The van der Waals surface area contributed by atoms with Gasteiger partial charge >= 0.3 is 0 Å². The van der Waals surface area contributed by atoms with Crippen molar-refractivity contribution in [1.29, 1.82) is 0 Å². The predicted octanol–water partition coefficient (Wildman–Crippen LogP) is 3.29. The molecule has 10 nitrogen and oxygen atoms in total. The molecule has 2 aromatic carbocycles. The number of carbonyl (C=O) groups is 2. The number of aromatic nitrogens is 6. The zero-order valence-electron chi connectivity index (χ0n) is 20.6. The van der Waals surface area contributed by atoms with Crippen molar-refractivity contribution < 1.29 is 14.0 Å². The number of rotatable bonds is 5. The third-order valence-corrected chi connectivity index (χ3v) is 6.96. The molecule has 38 heavy (non-hydrogen) atoms. The first-order valence-corrected chi connectivity index (χ1v) is 12.0. The molecule has 3 atom stereocenters. The Balaban J connectivity index is 1.46. The Kier molecular flexibility index (Phi) is 5.48. The highest BCUT2D eigenvalue weighted by atomic mass is 19.1. The van der Waals surface area contributed by atoms with Crippen LogP contribution < -0.4 is 10.6 Å². The van der Waals surface area contributed by atoms with E-state index < -0.39 is 23.8 Å². The van der Waals surface area contributed by atoms with Crippen LogP contribution in [0.1, 0.15) is 40.9 Å². The fraction of sp³-hybridized carbons (Fsp3) is 0.185. The van der Waals surface area contributed by atoms with Crippen LogP contribution in [0.3, 0.4) is 0 Å². The fourth-order valence-corrected chi connectivity index (χ4v) is 5.19. The molecule has 3 aromatic heterocycles. The van der Waals surface area contributed by atoms with E-state index in [0.29, 0.717) is 17.1 Å². The summed E-state index contributed by atoms with van der Waals surface area (Å²) >= 11 is 0. The Morgan fingerprint density at radius 3 is 2.50 bits per heavy atom. The number of amides is 2. The summed E-state index contributed by atoms with van der Waals surface area (Å²) in [6.07, 6.45) is 5.01. The van der Waals surface area contributed by atoms with Gasteiger partial charge in [0.1, 0.15) is 5.82 Å². The molecule has 4 heterocycles. The Bertz CT molecular complexity index is 1690. The van der Waals surface area contributed by atoms with Crippen LogP contribution in [0.25, 0.3) is 16.6 Å². The number of anilines is 1. The third-order valence-electron chi connectivity index (χ3n) is 6.96. The lowest BCUT2D eigenvalue weighted by atomic mass is 9.86. The first kappa shape index (κ1) is 23.5. The van der Waals surface area contributed by atoms with E-state index in [2.05, 4.69) is 20.2 Å². The highest BCUT2D eigenvalue weighted by Gasteiger charge is 2.49. The van der Waals surface area contributed by atoms with Gasteiger partial charge in [0.15, 0.2) is 0 Å². The van der Waals surface area contributed by atoms with Crippen molar-refractivity contribution in [3.8, 4) is 5.69 Å². The molecule has 1 aliphatic rings. The lowest BCUT2D eigenvalue weighted by Gasteiger charge is -2.27. The Labute approximate surface area is 216 Å². The highest BCUT2D eigenvalue weighted by molar-refractivity contribution is 6.01. The van der Waals surface area contributed by atoms with Crippen LogP contribution in [-0.4, -0.2) is 41.3 Å². The number of primary amides is 1.